The van der Waals surface area contributed by atoms with Gasteiger partial charge in [-0.3, -0.25) is 4.68 Å². The first-order valence-corrected chi connectivity index (χ1v) is 3.56. The molecule has 0 radical (unpaired) electrons. The molecule has 1 aromatic rings. The van der Waals surface area contributed by atoms with Crippen molar-refractivity contribution in [3.05, 3.63) is 11.9 Å². The number of hydrogen-bond donors (Lipinski definition) is 0. The van der Waals surface area contributed by atoms with Crippen LogP contribution in [0.5, 0.6) is 0 Å². The lowest BCUT2D eigenvalue weighted by atomic mass is 10.4. The van der Waals surface area contributed by atoms with Gasteiger partial charge in [0.05, 0.1) is 12.7 Å². The van der Waals surface area contributed by atoms with E-state index < -0.39 is 0 Å². The standard InChI is InChI=1S/C8H8N4/c1-2-3-4-5-12-7-8(6-9)10-11-12/h7H,4-5H2,1H3. The summed E-state index contributed by atoms with van der Waals surface area (Å²) in [6, 6.07) is 1.91. The van der Waals surface area contributed by atoms with Crippen LogP contribution in [-0.2, 0) is 6.54 Å². The van der Waals surface area contributed by atoms with Crippen molar-refractivity contribution in [2.75, 3.05) is 0 Å². The second kappa shape index (κ2) is 4.15. The average molecular weight is 160 g/mol. The molecule has 1 heterocycles. The predicted molar refractivity (Wildman–Crippen MR) is 42.8 cm³/mol. The van der Waals surface area contributed by atoms with Crippen LogP contribution in [0.4, 0.5) is 0 Å². The van der Waals surface area contributed by atoms with Crippen LogP contribution in [0, 0.1) is 23.2 Å². The van der Waals surface area contributed by atoms with Crippen molar-refractivity contribution in [1.82, 2.24) is 15.0 Å². The van der Waals surface area contributed by atoms with Crippen molar-refractivity contribution in [3.8, 4) is 17.9 Å². The highest BCUT2D eigenvalue weighted by molar-refractivity contribution is 5.13. The largest absolute Gasteiger partial charge is 0.250 e. The van der Waals surface area contributed by atoms with Crippen LogP contribution in [-0.4, -0.2) is 15.0 Å². The van der Waals surface area contributed by atoms with Crippen molar-refractivity contribution >= 4 is 0 Å². The van der Waals surface area contributed by atoms with Crippen molar-refractivity contribution in [3.63, 3.8) is 0 Å². The summed E-state index contributed by atoms with van der Waals surface area (Å²) in [5.41, 5.74) is 0.347. The molecule has 0 spiro atoms. The lowest BCUT2D eigenvalue weighted by Crippen LogP contribution is -1.97. The third kappa shape index (κ3) is 2.10. The van der Waals surface area contributed by atoms with Gasteiger partial charge in [-0.1, -0.05) is 5.21 Å². The lowest BCUT2D eigenvalue weighted by Gasteiger charge is -1.91. The van der Waals surface area contributed by atoms with Gasteiger partial charge in [-0.15, -0.1) is 16.9 Å². The van der Waals surface area contributed by atoms with Crippen molar-refractivity contribution in [2.45, 2.75) is 19.9 Å². The van der Waals surface area contributed by atoms with Gasteiger partial charge < -0.3 is 0 Å². The van der Waals surface area contributed by atoms with E-state index >= 15 is 0 Å². The van der Waals surface area contributed by atoms with Crippen LogP contribution in [0.2, 0.25) is 0 Å². The molecule has 0 saturated heterocycles. The molecule has 0 saturated carbocycles. The summed E-state index contributed by atoms with van der Waals surface area (Å²) in [7, 11) is 0. The van der Waals surface area contributed by atoms with Gasteiger partial charge >= 0.3 is 0 Å². The molecule has 1 aromatic heterocycles. The molecule has 0 aliphatic carbocycles. The van der Waals surface area contributed by atoms with Crippen LogP contribution in [0.25, 0.3) is 0 Å². The van der Waals surface area contributed by atoms with Crippen molar-refractivity contribution in [1.29, 1.82) is 5.26 Å². The molecule has 0 N–H and O–H groups in total. The summed E-state index contributed by atoms with van der Waals surface area (Å²) >= 11 is 0. The molecule has 1 rings (SSSR count). The first-order chi connectivity index (χ1) is 5.86. The normalized spacial score (nSPS) is 8.33. The van der Waals surface area contributed by atoms with Crippen LogP contribution in [0.15, 0.2) is 6.20 Å². The minimum atomic E-state index is 0.347. The number of aromatic nitrogens is 3. The molecule has 60 valence electrons. The first-order valence-electron chi connectivity index (χ1n) is 3.56. The fourth-order valence-corrected chi connectivity index (χ4v) is 0.754. The molecular weight excluding hydrogens is 152 g/mol. The van der Waals surface area contributed by atoms with Crippen LogP contribution in [0.1, 0.15) is 19.0 Å². The molecule has 0 fully saturated rings. The minimum absolute atomic E-state index is 0.347. The number of nitriles is 1. The van der Waals surface area contributed by atoms with E-state index in [2.05, 4.69) is 22.2 Å². The maximum atomic E-state index is 8.43. The highest BCUT2D eigenvalue weighted by Gasteiger charge is 1.96. The van der Waals surface area contributed by atoms with Crippen molar-refractivity contribution in [2.24, 2.45) is 0 Å². The van der Waals surface area contributed by atoms with Gasteiger partial charge in [0, 0.05) is 6.42 Å². The summed E-state index contributed by atoms with van der Waals surface area (Å²) in [4.78, 5) is 0. The summed E-state index contributed by atoms with van der Waals surface area (Å²) in [6.07, 6.45) is 2.35. The maximum absolute atomic E-state index is 8.43. The summed E-state index contributed by atoms with van der Waals surface area (Å²) in [5.74, 6) is 5.68. The topological polar surface area (TPSA) is 54.5 Å². The molecule has 0 unspecified atom stereocenters. The molecule has 0 aliphatic heterocycles. The van der Waals surface area contributed by atoms with Crippen LogP contribution < -0.4 is 0 Å². The van der Waals surface area contributed by atoms with Gasteiger partial charge in [-0.05, 0) is 6.92 Å². The molecule has 0 bridgehead atoms. The number of nitrogens with zero attached hydrogens (tertiary/aromatic N) is 4. The molecular formula is C8H8N4. The number of rotatable bonds is 2. The quantitative estimate of drug-likeness (QED) is 0.594. The van der Waals surface area contributed by atoms with Gasteiger partial charge in [-0.25, -0.2) is 0 Å². The van der Waals surface area contributed by atoms with E-state index in [0.717, 1.165) is 6.42 Å². The van der Waals surface area contributed by atoms with Crippen LogP contribution in [0.3, 0.4) is 0 Å². The monoisotopic (exact) mass is 160 g/mol. The molecule has 0 aromatic carbocycles. The number of hydrogen-bond acceptors (Lipinski definition) is 3. The van der Waals surface area contributed by atoms with Crippen LogP contribution >= 0.6 is 0 Å². The number of aryl methyl sites for hydroxylation is 1. The van der Waals surface area contributed by atoms with E-state index in [1.54, 1.807) is 17.8 Å². The summed E-state index contributed by atoms with van der Waals surface area (Å²) < 4.78 is 1.61. The van der Waals surface area contributed by atoms with E-state index in [1.165, 1.54) is 0 Å². The SMILES string of the molecule is CC#CCCn1cc(C#N)nn1. The second-order valence-corrected chi connectivity index (χ2v) is 2.16. The summed E-state index contributed by atoms with van der Waals surface area (Å²) in [5, 5.41) is 15.8. The van der Waals surface area contributed by atoms with E-state index in [0.29, 0.717) is 12.2 Å². The van der Waals surface area contributed by atoms with Gasteiger partial charge in [0.15, 0.2) is 5.69 Å². The highest BCUT2D eigenvalue weighted by Crippen LogP contribution is 1.91. The molecule has 12 heavy (non-hydrogen) atoms. The van der Waals surface area contributed by atoms with Gasteiger partial charge in [0.1, 0.15) is 6.07 Å². The van der Waals surface area contributed by atoms with Gasteiger partial charge in [0.25, 0.3) is 0 Å². The Morgan fingerprint density at radius 3 is 3.08 bits per heavy atom. The Labute approximate surface area is 70.8 Å². The van der Waals surface area contributed by atoms with Gasteiger partial charge in [0.2, 0.25) is 0 Å². The molecule has 4 heteroatoms. The Morgan fingerprint density at radius 1 is 1.67 bits per heavy atom. The average Bonchev–Trinajstić information content (AvgIpc) is 2.53. The molecule has 0 aliphatic rings. The Bertz CT molecular complexity index is 347. The van der Waals surface area contributed by atoms with Crippen molar-refractivity contribution < 1.29 is 0 Å². The second-order valence-electron chi connectivity index (χ2n) is 2.16. The minimum Gasteiger partial charge on any atom is -0.250 e. The third-order valence-electron chi connectivity index (χ3n) is 1.30. The molecule has 0 amide bonds. The predicted octanol–water partition coefficient (Wildman–Crippen LogP) is 0.563. The zero-order chi connectivity index (χ0) is 8.81. The third-order valence-corrected chi connectivity index (χ3v) is 1.30. The van der Waals surface area contributed by atoms with E-state index in [9.17, 15) is 0 Å². The lowest BCUT2D eigenvalue weighted by molar-refractivity contribution is 0.601. The first kappa shape index (κ1) is 8.29. The fraction of sp³-hybridized carbons (Fsp3) is 0.375. The Balaban J connectivity index is 2.52. The summed E-state index contributed by atoms with van der Waals surface area (Å²) in [6.45, 7) is 2.48. The van der Waals surface area contributed by atoms with E-state index in [4.69, 9.17) is 5.26 Å². The maximum Gasteiger partial charge on any atom is 0.182 e. The molecule has 0 atom stereocenters. The Morgan fingerprint density at radius 2 is 2.50 bits per heavy atom. The smallest absolute Gasteiger partial charge is 0.182 e. The zero-order valence-corrected chi connectivity index (χ0v) is 6.78. The highest BCUT2D eigenvalue weighted by atomic mass is 15.4. The van der Waals surface area contributed by atoms with E-state index in [-0.39, 0.29) is 0 Å². The zero-order valence-electron chi connectivity index (χ0n) is 6.78. The van der Waals surface area contributed by atoms with E-state index in [1.807, 2.05) is 6.07 Å². The Kier molecular flexibility index (Phi) is 2.87. The van der Waals surface area contributed by atoms with Gasteiger partial charge in [-0.2, -0.15) is 5.26 Å². The fourth-order valence-electron chi connectivity index (χ4n) is 0.754. The Hall–Kier alpha value is -1.81. The molecule has 4 nitrogen and oxygen atoms in total.